The summed E-state index contributed by atoms with van der Waals surface area (Å²) in [7, 11) is 0. The first-order valence-electron chi connectivity index (χ1n) is 8.50. The van der Waals surface area contributed by atoms with E-state index in [9.17, 15) is 0 Å². The molecular weight excluding hydrogens is 272 g/mol. The smallest absolute Gasteiger partial charge is 0.124 e. The molecule has 2 aliphatic heterocycles. The number of imidazole rings is 1. The Morgan fingerprint density at radius 1 is 1.27 bits per heavy atom. The molecule has 0 spiro atoms. The molecule has 3 heterocycles. The van der Waals surface area contributed by atoms with Crippen molar-refractivity contribution in [3.05, 3.63) is 29.6 Å². The van der Waals surface area contributed by atoms with Crippen LogP contribution in [0.3, 0.4) is 0 Å². The van der Waals surface area contributed by atoms with E-state index in [1.54, 1.807) is 0 Å². The van der Waals surface area contributed by atoms with Crippen molar-refractivity contribution in [3.63, 3.8) is 0 Å². The fraction of sp³-hybridized carbons (Fsp3) is 0.556. The average molecular weight is 296 g/mol. The Morgan fingerprint density at radius 2 is 2.18 bits per heavy atom. The van der Waals surface area contributed by atoms with E-state index in [0.29, 0.717) is 0 Å². The highest BCUT2D eigenvalue weighted by Crippen LogP contribution is 2.24. The Bertz CT molecular complexity index is 728. The van der Waals surface area contributed by atoms with E-state index in [4.69, 9.17) is 9.98 Å². The third-order valence-corrected chi connectivity index (χ3v) is 5.08. The summed E-state index contributed by atoms with van der Waals surface area (Å²) in [5.74, 6) is 1.94. The highest BCUT2D eigenvalue weighted by Gasteiger charge is 2.20. The summed E-state index contributed by atoms with van der Waals surface area (Å²) in [5.41, 5.74) is 4.94. The van der Waals surface area contributed by atoms with Gasteiger partial charge in [-0.15, -0.1) is 0 Å². The van der Waals surface area contributed by atoms with Crippen LogP contribution in [-0.2, 0) is 13.1 Å². The molecule has 1 aromatic carbocycles. The van der Waals surface area contributed by atoms with Crippen molar-refractivity contribution in [3.8, 4) is 0 Å². The maximum absolute atomic E-state index is 4.89. The van der Waals surface area contributed by atoms with Crippen molar-refractivity contribution < 1.29 is 0 Å². The maximum atomic E-state index is 4.89. The Labute approximate surface area is 131 Å². The first-order valence-corrected chi connectivity index (χ1v) is 8.50. The quantitative estimate of drug-likeness (QED) is 0.853. The molecule has 0 amide bonds. The third-order valence-electron chi connectivity index (χ3n) is 5.08. The van der Waals surface area contributed by atoms with Gasteiger partial charge in [0.05, 0.1) is 17.6 Å². The van der Waals surface area contributed by atoms with Gasteiger partial charge in [0.25, 0.3) is 0 Å². The number of fused-ring (bicyclic) bond motifs is 3. The normalized spacial score (nSPS) is 22.6. The molecule has 2 aliphatic rings. The number of aromatic nitrogens is 2. The zero-order valence-electron chi connectivity index (χ0n) is 13.5. The molecule has 0 bridgehead atoms. The Morgan fingerprint density at radius 3 is 2.95 bits per heavy atom. The third kappa shape index (κ3) is 2.35. The van der Waals surface area contributed by atoms with E-state index in [0.717, 1.165) is 50.6 Å². The summed E-state index contributed by atoms with van der Waals surface area (Å²) < 4.78 is 2.38. The molecule has 0 saturated heterocycles. The van der Waals surface area contributed by atoms with Crippen LogP contribution in [0.2, 0.25) is 0 Å². The van der Waals surface area contributed by atoms with Crippen molar-refractivity contribution >= 4 is 16.7 Å². The van der Waals surface area contributed by atoms with Crippen LogP contribution in [-0.4, -0.2) is 39.8 Å². The van der Waals surface area contributed by atoms with Crippen LogP contribution in [0.1, 0.15) is 38.1 Å². The van der Waals surface area contributed by atoms with Crippen LogP contribution >= 0.6 is 0 Å². The lowest BCUT2D eigenvalue weighted by molar-refractivity contribution is 0.230. The number of benzene rings is 1. The summed E-state index contributed by atoms with van der Waals surface area (Å²) in [5, 5.41) is 0. The summed E-state index contributed by atoms with van der Waals surface area (Å²) in [4.78, 5) is 12.1. The molecule has 116 valence electrons. The van der Waals surface area contributed by atoms with Gasteiger partial charge < -0.3 is 4.57 Å². The number of likely N-dealkylation sites (N-methyl/N-ethyl adjacent to an activating group) is 1. The van der Waals surface area contributed by atoms with E-state index in [2.05, 4.69) is 41.5 Å². The standard InChI is InChI=1S/C18H24N4/c1-3-21-8-9-22-17-7-5-14(10-16(17)20-18(22)12-21)15-6-4-13(2)11-19-15/h5,7,10,13H,3-4,6,8-9,11-12H2,1-2H3/t13-/m0/s1. The van der Waals surface area contributed by atoms with E-state index >= 15 is 0 Å². The van der Waals surface area contributed by atoms with Crippen LogP contribution in [0.25, 0.3) is 11.0 Å². The predicted octanol–water partition coefficient (Wildman–Crippen LogP) is 3.09. The molecule has 4 heteroatoms. The van der Waals surface area contributed by atoms with Gasteiger partial charge in [0.1, 0.15) is 5.82 Å². The molecular formula is C18H24N4. The molecule has 0 fully saturated rings. The molecule has 0 N–H and O–H groups in total. The molecule has 1 atom stereocenters. The minimum atomic E-state index is 0.729. The van der Waals surface area contributed by atoms with Crippen molar-refractivity contribution in [2.75, 3.05) is 19.6 Å². The van der Waals surface area contributed by atoms with Gasteiger partial charge in [0.15, 0.2) is 0 Å². The van der Waals surface area contributed by atoms with E-state index in [1.165, 1.54) is 29.0 Å². The number of rotatable bonds is 2. The van der Waals surface area contributed by atoms with Crippen molar-refractivity contribution in [2.45, 2.75) is 39.8 Å². The van der Waals surface area contributed by atoms with Crippen molar-refractivity contribution in [1.29, 1.82) is 0 Å². The molecule has 0 saturated carbocycles. The zero-order valence-corrected chi connectivity index (χ0v) is 13.5. The van der Waals surface area contributed by atoms with Gasteiger partial charge in [-0.25, -0.2) is 4.98 Å². The van der Waals surface area contributed by atoms with Crippen LogP contribution in [0.5, 0.6) is 0 Å². The highest BCUT2D eigenvalue weighted by atomic mass is 15.2. The lowest BCUT2D eigenvalue weighted by Gasteiger charge is -2.26. The lowest BCUT2D eigenvalue weighted by Crippen LogP contribution is -2.33. The molecule has 0 unspecified atom stereocenters. The first kappa shape index (κ1) is 13.9. The Kier molecular flexibility index (Phi) is 3.49. The number of aliphatic imine (C=N–C) groups is 1. The van der Waals surface area contributed by atoms with E-state index in [-0.39, 0.29) is 0 Å². The topological polar surface area (TPSA) is 33.4 Å². The van der Waals surface area contributed by atoms with Crippen LogP contribution in [0, 0.1) is 5.92 Å². The lowest BCUT2D eigenvalue weighted by atomic mass is 9.96. The number of hydrogen-bond acceptors (Lipinski definition) is 3. The largest absolute Gasteiger partial charge is 0.326 e. The number of nitrogens with zero attached hydrogens (tertiary/aromatic N) is 4. The molecule has 4 nitrogen and oxygen atoms in total. The number of hydrogen-bond donors (Lipinski definition) is 0. The highest BCUT2D eigenvalue weighted by molar-refractivity contribution is 6.03. The molecule has 0 radical (unpaired) electrons. The minimum absolute atomic E-state index is 0.729. The fourth-order valence-corrected chi connectivity index (χ4v) is 3.57. The molecule has 22 heavy (non-hydrogen) atoms. The minimum Gasteiger partial charge on any atom is -0.326 e. The second-order valence-corrected chi connectivity index (χ2v) is 6.68. The average Bonchev–Trinajstić information content (AvgIpc) is 2.92. The second-order valence-electron chi connectivity index (χ2n) is 6.68. The van der Waals surface area contributed by atoms with Gasteiger partial charge in [-0.2, -0.15) is 0 Å². The van der Waals surface area contributed by atoms with Gasteiger partial charge in [-0.05, 0) is 43.0 Å². The Hall–Kier alpha value is -1.68. The zero-order chi connectivity index (χ0) is 15.1. The maximum Gasteiger partial charge on any atom is 0.124 e. The first-order chi connectivity index (χ1) is 10.7. The summed E-state index contributed by atoms with van der Waals surface area (Å²) >= 11 is 0. The Balaban J connectivity index is 1.70. The van der Waals surface area contributed by atoms with Gasteiger partial charge in [-0.3, -0.25) is 9.89 Å². The van der Waals surface area contributed by atoms with Crippen LogP contribution < -0.4 is 0 Å². The molecule has 2 aromatic rings. The van der Waals surface area contributed by atoms with Crippen molar-refractivity contribution in [1.82, 2.24) is 14.5 Å². The van der Waals surface area contributed by atoms with Crippen LogP contribution in [0.15, 0.2) is 23.2 Å². The predicted molar refractivity (Wildman–Crippen MR) is 90.5 cm³/mol. The summed E-state index contributed by atoms with van der Waals surface area (Å²) in [6, 6.07) is 6.72. The van der Waals surface area contributed by atoms with Crippen molar-refractivity contribution in [2.24, 2.45) is 10.9 Å². The van der Waals surface area contributed by atoms with Gasteiger partial charge in [0.2, 0.25) is 0 Å². The SMILES string of the molecule is CCN1CCn2c(nc3cc(C4=NC[C@@H](C)CC4)ccc32)C1. The summed E-state index contributed by atoms with van der Waals surface area (Å²) in [6.45, 7) is 9.73. The fourth-order valence-electron chi connectivity index (χ4n) is 3.57. The molecule has 4 rings (SSSR count). The monoisotopic (exact) mass is 296 g/mol. The molecule has 1 aromatic heterocycles. The van der Waals surface area contributed by atoms with Gasteiger partial charge >= 0.3 is 0 Å². The molecule has 0 aliphatic carbocycles. The van der Waals surface area contributed by atoms with Crippen LogP contribution in [0.4, 0.5) is 0 Å². The van der Waals surface area contributed by atoms with E-state index < -0.39 is 0 Å². The van der Waals surface area contributed by atoms with Gasteiger partial charge in [-0.1, -0.05) is 19.9 Å². The second kappa shape index (κ2) is 5.51. The van der Waals surface area contributed by atoms with Gasteiger partial charge in [0, 0.05) is 25.3 Å². The van der Waals surface area contributed by atoms with E-state index in [1.807, 2.05) is 0 Å². The summed E-state index contributed by atoms with van der Waals surface area (Å²) in [6.07, 6.45) is 2.35.